The number of carbonyl (C=O) groups is 1. The lowest BCUT2D eigenvalue weighted by molar-refractivity contribution is 0.102. The summed E-state index contributed by atoms with van der Waals surface area (Å²) in [7, 11) is -2.54. The van der Waals surface area contributed by atoms with Crippen molar-refractivity contribution in [2.75, 3.05) is 12.4 Å². The van der Waals surface area contributed by atoms with Gasteiger partial charge in [0.2, 0.25) is 9.84 Å². The van der Waals surface area contributed by atoms with Crippen molar-refractivity contribution in [2.24, 2.45) is 0 Å². The summed E-state index contributed by atoms with van der Waals surface area (Å²) >= 11 is 0. The van der Waals surface area contributed by atoms with Crippen LogP contribution in [-0.4, -0.2) is 26.5 Å². The first kappa shape index (κ1) is 21.4. The zero-order valence-electron chi connectivity index (χ0n) is 17.2. The van der Waals surface area contributed by atoms with Crippen LogP contribution in [0.4, 0.5) is 5.69 Å². The maximum atomic E-state index is 13.3. The number of nitrogens with one attached hydrogen (secondary N) is 1. The molecule has 0 heterocycles. The van der Waals surface area contributed by atoms with Gasteiger partial charge in [-0.15, -0.1) is 0 Å². The van der Waals surface area contributed by atoms with E-state index in [1.165, 1.54) is 31.4 Å². The van der Waals surface area contributed by atoms with Crippen molar-refractivity contribution in [3.63, 3.8) is 0 Å². The molecule has 0 unspecified atom stereocenters. The number of phenols is 1. The fourth-order valence-electron chi connectivity index (χ4n) is 3.10. The van der Waals surface area contributed by atoms with Gasteiger partial charge in [-0.1, -0.05) is 17.7 Å². The second-order valence-electron chi connectivity index (χ2n) is 7.04. The van der Waals surface area contributed by atoms with Crippen LogP contribution in [0.5, 0.6) is 11.5 Å². The summed E-state index contributed by atoms with van der Waals surface area (Å²) in [5.74, 6) is -0.183. The number of anilines is 1. The second-order valence-corrected chi connectivity index (χ2v) is 8.93. The zero-order chi connectivity index (χ0) is 22.1. The van der Waals surface area contributed by atoms with Crippen LogP contribution in [-0.2, 0) is 9.84 Å². The van der Waals surface area contributed by atoms with E-state index in [2.05, 4.69) is 5.32 Å². The van der Waals surface area contributed by atoms with Gasteiger partial charge in [0.05, 0.1) is 12.0 Å². The van der Waals surface area contributed by atoms with Crippen LogP contribution >= 0.6 is 0 Å². The highest BCUT2D eigenvalue weighted by Crippen LogP contribution is 2.38. The Balaban J connectivity index is 2.06. The van der Waals surface area contributed by atoms with E-state index < -0.39 is 9.84 Å². The standard InChI is InChI=1S/C23H23NO5S/c1-14-5-7-17(8-6-14)23(26)24-20-13-15(2)21(25)22(16(20)3)30(27,28)19-11-9-18(29-4)10-12-19/h5-13,25H,1-4H3,(H,24,26). The smallest absolute Gasteiger partial charge is 0.255 e. The number of hydrogen-bond acceptors (Lipinski definition) is 5. The SMILES string of the molecule is COc1ccc(S(=O)(=O)c2c(C)c(NC(=O)c3ccc(C)cc3)cc(C)c2O)cc1. The van der Waals surface area contributed by atoms with E-state index in [1.807, 2.05) is 19.1 Å². The van der Waals surface area contributed by atoms with Crippen LogP contribution in [0.1, 0.15) is 27.0 Å². The largest absolute Gasteiger partial charge is 0.506 e. The number of sulfone groups is 1. The molecule has 0 saturated heterocycles. The van der Waals surface area contributed by atoms with E-state index in [1.54, 1.807) is 32.0 Å². The Morgan fingerprint density at radius 1 is 0.967 bits per heavy atom. The number of amides is 1. The summed E-state index contributed by atoms with van der Waals surface area (Å²) in [4.78, 5) is 12.4. The van der Waals surface area contributed by atoms with Crippen molar-refractivity contribution in [1.29, 1.82) is 0 Å². The van der Waals surface area contributed by atoms with Crippen molar-refractivity contribution in [3.8, 4) is 11.5 Å². The summed E-state index contributed by atoms with van der Waals surface area (Å²) in [6, 6.07) is 14.5. The zero-order valence-corrected chi connectivity index (χ0v) is 18.0. The number of rotatable bonds is 5. The number of hydrogen-bond donors (Lipinski definition) is 2. The number of ether oxygens (including phenoxy) is 1. The van der Waals surface area contributed by atoms with Gasteiger partial charge < -0.3 is 15.2 Å². The highest BCUT2D eigenvalue weighted by molar-refractivity contribution is 7.91. The minimum absolute atomic E-state index is 0.0168. The third kappa shape index (κ3) is 4.02. The van der Waals surface area contributed by atoms with E-state index >= 15 is 0 Å². The van der Waals surface area contributed by atoms with E-state index in [-0.39, 0.29) is 27.0 Å². The number of phenolic OH excluding ortho intramolecular Hbond substituents is 1. The quantitative estimate of drug-likeness (QED) is 0.591. The Bertz CT molecular complexity index is 1200. The van der Waals surface area contributed by atoms with Crippen LogP contribution in [0.25, 0.3) is 0 Å². The minimum atomic E-state index is -4.03. The van der Waals surface area contributed by atoms with Gasteiger partial charge in [-0.2, -0.15) is 0 Å². The molecule has 0 aliphatic heterocycles. The van der Waals surface area contributed by atoms with E-state index in [0.717, 1.165) is 5.56 Å². The lowest BCUT2D eigenvalue weighted by atomic mass is 10.1. The van der Waals surface area contributed by atoms with Crippen LogP contribution in [0, 0.1) is 20.8 Å². The monoisotopic (exact) mass is 425 g/mol. The van der Waals surface area contributed by atoms with E-state index in [9.17, 15) is 18.3 Å². The molecule has 1 amide bonds. The molecule has 6 nitrogen and oxygen atoms in total. The van der Waals surface area contributed by atoms with Crippen LogP contribution in [0.3, 0.4) is 0 Å². The average Bonchev–Trinajstić information content (AvgIpc) is 2.72. The summed E-state index contributed by atoms with van der Waals surface area (Å²) in [5.41, 5.74) is 2.39. The summed E-state index contributed by atoms with van der Waals surface area (Å²) in [6.07, 6.45) is 0. The third-order valence-corrected chi connectivity index (χ3v) is 6.82. The van der Waals surface area contributed by atoms with Crippen molar-refractivity contribution in [1.82, 2.24) is 0 Å². The molecule has 0 saturated carbocycles. The van der Waals surface area contributed by atoms with Crippen LogP contribution in [0.15, 0.2) is 64.4 Å². The predicted octanol–water partition coefficient (Wildman–Crippen LogP) is 4.41. The number of methoxy groups -OCH3 is 1. The molecule has 3 aromatic rings. The van der Waals surface area contributed by atoms with Gasteiger partial charge in [0, 0.05) is 11.3 Å². The first-order valence-electron chi connectivity index (χ1n) is 9.25. The van der Waals surface area contributed by atoms with Gasteiger partial charge in [-0.05, 0) is 74.4 Å². The predicted molar refractivity (Wildman–Crippen MR) is 115 cm³/mol. The highest BCUT2D eigenvalue weighted by Gasteiger charge is 2.27. The van der Waals surface area contributed by atoms with Crippen molar-refractivity contribution < 1.29 is 23.1 Å². The molecule has 0 aromatic heterocycles. The Morgan fingerprint density at radius 3 is 2.13 bits per heavy atom. The summed E-state index contributed by atoms with van der Waals surface area (Å²) in [6.45, 7) is 5.06. The molecular weight excluding hydrogens is 402 g/mol. The van der Waals surface area contributed by atoms with Crippen molar-refractivity contribution in [2.45, 2.75) is 30.6 Å². The Labute approximate surface area is 176 Å². The van der Waals surface area contributed by atoms with Gasteiger partial charge in [0.15, 0.2) is 0 Å². The first-order valence-corrected chi connectivity index (χ1v) is 10.7. The molecule has 0 fully saturated rings. The highest BCUT2D eigenvalue weighted by atomic mass is 32.2. The van der Waals surface area contributed by atoms with Crippen molar-refractivity contribution in [3.05, 3.63) is 76.9 Å². The molecule has 0 aliphatic carbocycles. The molecule has 2 N–H and O–H groups in total. The molecule has 30 heavy (non-hydrogen) atoms. The molecule has 7 heteroatoms. The van der Waals surface area contributed by atoms with Crippen molar-refractivity contribution >= 4 is 21.4 Å². The number of carbonyl (C=O) groups excluding carboxylic acids is 1. The normalized spacial score (nSPS) is 11.2. The maximum absolute atomic E-state index is 13.3. The van der Waals surface area contributed by atoms with E-state index in [0.29, 0.717) is 22.6 Å². The average molecular weight is 426 g/mol. The number of benzene rings is 3. The van der Waals surface area contributed by atoms with Gasteiger partial charge in [-0.25, -0.2) is 8.42 Å². The van der Waals surface area contributed by atoms with Crippen LogP contribution < -0.4 is 10.1 Å². The molecule has 156 valence electrons. The Hall–Kier alpha value is -3.32. The fraction of sp³-hybridized carbons (Fsp3) is 0.174. The van der Waals surface area contributed by atoms with Gasteiger partial charge in [0.25, 0.3) is 5.91 Å². The lowest BCUT2D eigenvalue weighted by Gasteiger charge is -2.17. The first-order chi connectivity index (χ1) is 14.1. The third-order valence-electron chi connectivity index (χ3n) is 4.89. The van der Waals surface area contributed by atoms with Gasteiger partial charge >= 0.3 is 0 Å². The second kappa shape index (κ2) is 8.20. The molecular formula is C23H23NO5S. The van der Waals surface area contributed by atoms with Crippen LogP contribution in [0.2, 0.25) is 0 Å². The Morgan fingerprint density at radius 2 is 1.57 bits per heavy atom. The van der Waals surface area contributed by atoms with E-state index in [4.69, 9.17) is 4.74 Å². The van der Waals surface area contributed by atoms with Gasteiger partial charge in [0.1, 0.15) is 16.4 Å². The summed E-state index contributed by atoms with van der Waals surface area (Å²) < 4.78 is 31.6. The molecule has 0 aliphatic rings. The molecule has 0 radical (unpaired) electrons. The summed E-state index contributed by atoms with van der Waals surface area (Å²) in [5, 5.41) is 13.3. The molecule has 3 rings (SSSR count). The lowest BCUT2D eigenvalue weighted by Crippen LogP contribution is -2.15. The van der Waals surface area contributed by atoms with Gasteiger partial charge in [-0.3, -0.25) is 4.79 Å². The minimum Gasteiger partial charge on any atom is -0.506 e. The Kier molecular flexibility index (Phi) is 5.85. The number of aryl methyl sites for hydroxylation is 2. The topological polar surface area (TPSA) is 92.7 Å². The number of aromatic hydroxyl groups is 1. The molecule has 0 atom stereocenters. The fourth-order valence-corrected chi connectivity index (χ4v) is 4.76. The molecule has 3 aromatic carbocycles. The maximum Gasteiger partial charge on any atom is 0.255 e. The molecule has 0 bridgehead atoms. The molecule has 0 spiro atoms.